The average molecular weight is 396 g/mol. The lowest BCUT2D eigenvalue weighted by molar-refractivity contribution is -0.132. The molecule has 0 spiro atoms. The third-order valence-electron chi connectivity index (χ3n) is 5.77. The van der Waals surface area contributed by atoms with Crippen molar-refractivity contribution < 1.29 is 9.59 Å². The molecule has 2 aromatic rings. The number of likely N-dealkylation sites (tertiary alicyclic amines) is 1. The fourth-order valence-electron chi connectivity index (χ4n) is 4.00. The van der Waals surface area contributed by atoms with E-state index in [0.29, 0.717) is 25.2 Å². The van der Waals surface area contributed by atoms with Crippen molar-refractivity contribution in [2.24, 2.45) is 0 Å². The normalized spacial score (nSPS) is 18.5. The molecule has 0 radical (unpaired) electrons. The first-order chi connectivity index (χ1) is 14.2. The van der Waals surface area contributed by atoms with Crippen molar-refractivity contribution in [3.63, 3.8) is 0 Å². The molecule has 0 N–H and O–H groups in total. The number of carbonyl (C=O) groups is 2. The summed E-state index contributed by atoms with van der Waals surface area (Å²) in [6, 6.07) is 7.40. The number of hydrogen-bond donors (Lipinski definition) is 0. The molecule has 4 rings (SSSR count). The number of piperazine rings is 1. The first kappa shape index (κ1) is 19.6. The van der Waals surface area contributed by atoms with E-state index in [4.69, 9.17) is 0 Å². The van der Waals surface area contributed by atoms with Gasteiger partial charge in [0.1, 0.15) is 12.7 Å². The topological polar surface area (TPSA) is 74.6 Å². The number of nitrogens with zero attached hydrogens (tertiary/aromatic N) is 6. The largest absolute Gasteiger partial charge is 0.342 e. The van der Waals surface area contributed by atoms with Gasteiger partial charge in [-0.25, -0.2) is 9.67 Å². The van der Waals surface area contributed by atoms with Crippen LogP contribution in [0.4, 0.5) is 0 Å². The van der Waals surface area contributed by atoms with Crippen LogP contribution in [0, 0.1) is 0 Å². The van der Waals surface area contributed by atoms with Crippen LogP contribution in [0.1, 0.15) is 36.0 Å². The number of rotatable bonds is 4. The Bertz CT molecular complexity index is 804. The molecule has 8 nitrogen and oxygen atoms in total. The van der Waals surface area contributed by atoms with Crippen LogP contribution in [-0.2, 0) is 4.79 Å². The number of aromatic nitrogens is 3. The van der Waals surface area contributed by atoms with E-state index < -0.39 is 0 Å². The Balaban J connectivity index is 1.27. The molecule has 0 saturated carbocycles. The van der Waals surface area contributed by atoms with E-state index in [2.05, 4.69) is 15.0 Å². The van der Waals surface area contributed by atoms with E-state index in [1.165, 1.54) is 19.2 Å². The van der Waals surface area contributed by atoms with Crippen LogP contribution in [-0.4, -0.2) is 87.1 Å². The first-order valence-corrected chi connectivity index (χ1v) is 10.5. The predicted octanol–water partition coefficient (Wildman–Crippen LogP) is 1.43. The number of carbonyl (C=O) groups excluding carboxylic acids is 2. The van der Waals surface area contributed by atoms with Gasteiger partial charge in [-0.15, -0.1) is 0 Å². The van der Waals surface area contributed by atoms with Gasteiger partial charge in [0.2, 0.25) is 5.91 Å². The van der Waals surface area contributed by atoms with Gasteiger partial charge < -0.3 is 9.80 Å². The Kier molecular flexibility index (Phi) is 6.19. The van der Waals surface area contributed by atoms with Gasteiger partial charge in [0.15, 0.2) is 0 Å². The van der Waals surface area contributed by atoms with Crippen molar-refractivity contribution in [3.05, 3.63) is 42.5 Å². The lowest BCUT2D eigenvalue weighted by Crippen LogP contribution is -2.51. The van der Waals surface area contributed by atoms with E-state index in [1.807, 2.05) is 34.1 Å². The minimum Gasteiger partial charge on any atom is -0.342 e. The molecule has 0 atom stereocenters. The molecular formula is C21H28N6O2. The summed E-state index contributed by atoms with van der Waals surface area (Å²) in [7, 11) is 0. The molecule has 2 saturated heterocycles. The molecule has 154 valence electrons. The predicted molar refractivity (Wildman–Crippen MR) is 109 cm³/mol. The quantitative estimate of drug-likeness (QED) is 0.782. The van der Waals surface area contributed by atoms with Crippen molar-refractivity contribution in [1.29, 1.82) is 0 Å². The zero-order chi connectivity index (χ0) is 20.1. The average Bonchev–Trinajstić information content (AvgIpc) is 3.16. The van der Waals surface area contributed by atoms with Gasteiger partial charge in [0.05, 0.1) is 12.2 Å². The maximum Gasteiger partial charge on any atom is 0.253 e. The Hall–Kier alpha value is -2.74. The van der Waals surface area contributed by atoms with E-state index >= 15 is 0 Å². The Morgan fingerprint density at radius 3 is 2.14 bits per heavy atom. The molecule has 2 aliphatic rings. The van der Waals surface area contributed by atoms with Crippen LogP contribution in [0.15, 0.2) is 36.9 Å². The standard InChI is InChI=1S/C21H28N6O2/c28-20(25-9-3-1-2-4-10-25)15-24-11-13-26(14-12-24)21(29)18-5-7-19(8-6-18)27-17-22-16-23-27/h5-8,16-17H,1-4,9-15H2. The van der Waals surface area contributed by atoms with Gasteiger partial charge in [0, 0.05) is 44.8 Å². The van der Waals surface area contributed by atoms with E-state index in [0.717, 1.165) is 44.7 Å². The van der Waals surface area contributed by atoms with Crippen molar-refractivity contribution in [1.82, 2.24) is 29.5 Å². The van der Waals surface area contributed by atoms with E-state index in [-0.39, 0.29) is 11.8 Å². The highest BCUT2D eigenvalue weighted by molar-refractivity contribution is 5.94. The van der Waals surface area contributed by atoms with Crippen molar-refractivity contribution in [2.45, 2.75) is 25.7 Å². The molecule has 2 fully saturated rings. The van der Waals surface area contributed by atoms with Crippen LogP contribution in [0.3, 0.4) is 0 Å². The fourth-order valence-corrected chi connectivity index (χ4v) is 4.00. The highest BCUT2D eigenvalue weighted by Gasteiger charge is 2.25. The molecule has 29 heavy (non-hydrogen) atoms. The fraction of sp³-hybridized carbons (Fsp3) is 0.524. The maximum atomic E-state index is 12.8. The molecule has 0 bridgehead atoms. The van der Waals surface area contributed by atoms with Gasteiger partial charge in [-0.1, -0.05) is 12.8 Å². The number of amides is 2. The molecule has 2 aliphatic heterocycles. The van der Waals surface area contributed by atoms with Crippen LogP contribution < -0.4 is 0 Å². The van der Waals surface area contributed by atoms with Gasteiger partial charge in [0.25, 0.3) is 5.91 Å². The van der Waals surface area contributed by atoms with Gasteiger partial charge in [-0.3, -0.25) is 14.5 Å². The van der Waals surface area contributed by atoms with Gasteiger partial charge in [-0.2, -0.15) is 5.10 Å². The summed E-state index contributed by atoms with van der Waals surface area (Å²) in [6.07, 6.45) is 7.79. The summed E-state index contributed by atoms with van der Waals surface area (Å²) >= 11 is 0. The second-order valence-corrected chi connectivity index (χ2v) is 7.75. The molecule has 8 heteroatoms. The number of hydrogen-bond acceptors (Lipinski definition) is 5. The Morgan fingerprint density at radius 2 is 1.52 bits per heavy atom. The third-order valence-corrected chi connectivity index (χ3v) is 5.77. The number of benzene rings is 1. The summed E-state index contributed by atoms with van der Waals surface area (Å²) < 4.78 is 1.66. The highest BCUT2D eigenvalue weighted by atomic mass is 16.2. The third kappa shape index (κ3) is 4.82. The van der Waals surface area contributed by atoms with Crippen molar-refractivity contribution >= 4 is 11.8 Å². The maximum absolute atomic E-state index is 12.8. The monoisotopic (exact) mass is 396 g/mol. The van der Waals surface area contributed by atoms with Crippen molar-refractivity contribution in [3.8, 4) is 5.69 Å². The summed E-state index contributed by atoms with van der Waals surface area (Å²) in [4.78, 5) is 35.4. The second-order valence-electron chi connectivity index (χ2n) is 7.75. The molecule has 0 aliphatic carbocycles. The minimum absolute atomic E-state index is 0.0358. The van der Waals surface area contributed by atoms with E-state index in [1.54, 1.807) is 11.0 Å². The molecular weight excluding hydrogens is 368 g/mol. The van der Waals surface area contributed by atoms with Crippen molar-refractivity contribution in [2.75, 3.05) is 45.8 Å². The molecule has 1 aromatic carbocycles. The SMILES string of the molecule is O=C(CN1CCN(C(=O)c2ccc(-n3cncn3)cc2)CC1)N1CCCCCC1. The summed E-state index contributed by atoms with van der Waals surface area (Å²) in [6.45, 7) is 5.02. The van der Waals surface area contributed by atoms with Crippen LogP contribution in [0.2, 0.25) is 0 Å². The summed E-state index contributed by atoms with van der Waals surface area (Å²) in [5, 5.41) is 4.10. The lowest BCUT2D eigenvalue weighted by atomic mass is 10.1. The zero-order valence-electron chi connectivity index (χ0n) is 16.7. The smallest absolute Gasteiger partial charge is 0.253 e. The first-order valence-electron chi connectivity index (χ1n) is 10.5. The van der Waals surface area contributed by atoms with E-state index in [9.17, 15) is 9.59 Å². The van der Waals surface area contributed by atoms with Crippen LogP contribution in [0.5, 0.6) is 0 Å². The molecule has 2 amide bonds. The zero-order valence-corrected chi connectivity index (χ0v) is 16.7. The highest BCUT2D eigenvalue weighted by Crippen LogP contribution is 2.14. The van der Waals surface area contributed by atoms with Crippen LogP contribution >= 0.6 is 0 Å². The molecule has 1 aromatic heterocycles. The van der Waals surface area contributed by atoms with Crippen LogP contribution in [0.25, 0.3) is 5.69 Å². The summed E-state index contributed by atoms with van der Waals surface area (Å²) in [5.41, 5.74) is 1.54. The minimum atomic E-state index is 0.0358. The van der Waals surface area contributed by atoms with Gasteiger partial charge >= 0.3 is 0 Å². The molecule has 0 unspecified atom stereocenters. The lowest BCUT2D eigenvalue weighted by Gasteiger charge is -2.35. The summed E-state index contributed by atoms with van der Waals surface area (Å²) in [5.74, 6) is 0.268. The second kappa shape index (κ2) is 9.17. The Morgan fingerprint density at radius 1 is 0.828 bits per heavy atom. The molecule has 3 heterocycles. The van der Waals surface area contributed by atoms with Gasteiger partial charge in [-0.05, 0) is 37.1 Å². The Labute approximate surface area is 171 Å².